The Kier molecular flexibility index (Phi) is 5.05. The highest BCUT2D eigenvalue weighted by molar-refractivity contribution is 5.81. The molecule has 0 saturated carbocycles. The summed E-state index contributed by atoms with van der Waals surface area (Å²) in [4.78, 5) is 22.4. The highest BCUT2D eigenvalue weighted by atomic mass is 19.4. The Hall–Kier alpha value is -2.05. The zero-order valence-corrected chi connectivity index (χ0v) is 11.9. The summed E-state index contributed by atoms with van der Waals surface area (Å²) >= 11 is 0. The second-order valence-corrected chi connectivity index (χ2v) is 5.24. The van der Waals surface area contributed by atoms with Crippen molar-refractivity contribution in [3.8, 4) is 0 Å². The van der Waals surface area contributed by atoms with Crippen LogP contribution >= 0.6 is 0 Å². The first-order valence-corrected chi connectivity index (χ1v) is 7.07. The first kappa shape index (κ1) is 16.3. The van der Waals surface area contributed by atoms with Crippen LogP contribution < -0.4 is 10.6 Å². The lowest BCUT2D eigenvalue weighted by atomic mass is 9.97. The van der Waals surface area contributed by atoms with Crippen molar-refractivity contribution >= 4 is 11.8 Å². The number of carbonyl (C=O) groups excluding carboxylic acids is 2. The number of fused-ring (bicyclic) bond motifs is 1. The third kappa shape index (κ3) is 4.22. The number of alkyl halides is 3. The first-order valence-electron chi connectivity index (χ1n) is 7.07. The largest absolute Gasteiger partial charge is 0.471 e. The summed E-state index contributed by atoms with van der Waals surface area (Å²) in [6.45, 7) is -0.264. The number of hydrogen-bond donors (Lipinski definition) is 2. The summed E-state index contributed by atoms with van der Waals surface area (Å²) in [5.41, 5.74) is 2.42. The van der Waals surface area contributed by atoms with E-state index in [0.717, 1.165) is 12.8 Å². The van der Waals surface area contributed by atoms with E-state index in [1.54, 1.807) is 5.32 Å². The van der Waals surface area contributed by atoms with E-state index in [1.807, 2.05) is 24.3 Å². The molecular weight excluding hydrogens is 297 g/mol. The molecule has 0 spiro atoms. The van der Waals surface area contributed by atoms with E-state index in [0.29, 0.717) is 6.42 Å². The number of halogens is 3. The van der Waals surface area contributed by atoms with Crippen LogP contribution in [0, 0.1) is 0 Å². The molecule has 0 heterocycles. The zero-order chi connectivity index (χ0) is 16.2. The summed E-state index contributed by atoms with van der Waals surface area (Å²) in [7, 11) is 0. The Balaban J connectivity index is 1.70. The number of benzene rings is 1. The number of rotatable bonds is 5. The minimum absolute atomic E-state index is 0.0188. The molecule has 1 aromatic carbocycles. The molecule has 0 radical (unpaired) electrons. The summed E-state index contributed by atoms with van der Waals surface area (Å²) in [5.74, 6) is -2.06. The van der Waals surface area contributed by atoms with Crippen molar-refractivity contribution in [3.63, 3.8) is 0 Å². The van der Waals surface area contributed by atoms with E-state index in [1.165, 1.54) is 11.1 Å². The van der Waals surface area contributed by atoms with Gasteiger partial charge < -0.3 is 10.6 Å². The van der Waals surface area contributed by atoms with E-state index in [4.69, 9.17) is 0 Å². The molecule has 1 aliphatic carbocycles. The molecule has 2 N–H and O–H groups in total. The molecule has 22 heavy (non-hydrogen) atoms. The minimum atomic E-state index is -4.89. The van der Waals surface area contributed by atoms with Crippen molar-refractivity contribution in [2.75, 3.05) is 13.1 Å². The molecule has 2 rings (SSSR count). The van der Waals surface area contributed by atoms with Crippen LogP contribution in [0.1, 0.15) is 29.9 Å². The lowest BCUT2D eigenvalue weighted by Crippen LogP contribution is -2.41. The fourth-order valence-corrected chi connectivity index (χ4v) is 2.63. The SMILES string of the molecule is O=C(C[C@@H]1CCc2ccccc21)NCCNC(=O)C(F)(F)F. The topological polar surface area (TPSA) is 58.2 Å². The maximum Gasteiger partial charge on any atom is 0.471 e. The summed E-state index contributed by atoms with van der Waals surface area (Å²) in [6, 6.07) is 7.94. The monoisotopic (exact) mass is 314 g/mol. The predicted molar refractivity (Wildman–Crippen MR) is 74.2 cm³/mol. The number of aryl methyl sites for hydroxylation is 1. The molecule has 1 aromatic rings. The van der Waals surface area contributed by atoms with Crippen molar-refractivity contribution in [1.29, 1.82) is 0 Å². The van der Waals surface area contributed by atoms with Gasteiger partial charge in [-0.3, -0.25) is 9.59 Å². The average molecular weight is 314 g/mol. The Morgan fingerprint density at radius 2 is 1.82 bits per heavy atom. The summed E-state index contributed by atoms with van der Waals surface area (Å²) in [5, 5.41) is 4.23. The second kappa shape index (κ2) is 6.81. The fourth-order valence-electron chi connectivity index (χ4n) is 2.63. The Labute approximate surface area is 126 Å². The van der Waals surface area contributed by atoms with Crippen molar-refractivity contribution in [2.45, 2.75) is 31.4 Å². The molecule has 2 amide bonds. The smallest absolute Gasteiger partial charge is 0.354 e. The number of carbonyl (C=O) groups is 2. The Morgan fingerprint density at radius 1 is 1.14 bits per heavy atom. The Bertz CT molecular complexity index is 558. The van der Waals surface area contributed by atoms with Crippen molar-refractivity contribution in [2.24, 2.45) is 0 Å². The minimum Gasteiger partial charge on any atom is -0.354 e. The van der Waals surface area contributed by atoms with Crippen LogP contribution in [0.4, 0.5) is 13.2 Å². The highest BCUT2D eigenvalue weighted by Gasteiger charge is 2.38. The maximum absolute atomic E-state index is 11.9. The van der Waals surface area contributed by atoms with Gasteiger partial charge in [0, 0.05) is 19.5 Å². The van der Waals surface area contributed by atoms with Gasteiger partial charge in [-0.1, -0.05) is 24.3 Å². The lowest BCUT2D eigenvalue weighted by Gasteiger charge is -2.12. The van der Waals surface area contributed by atoms with E-state index >= 15 is 0 Å². The number of amides is 2. The van der Waals surface area contributed by atoms with E-state index in [9.17, 15) is 22.8 Å². The molecule has 4 nitrogen and oxygen atoms in total. The molecular formula is C15H17F3N2O2. The number of nitrogens with one attached hydrogen (secondary N) is 2. The maximum atomic E-state index is 11.9. The third-order valence-corrected chi connectivity index (χ3v) is 3.68. The van der Waals surface area contributed by atoms with Gasteiger partial charge in [0.05, 0.1) is 0 Å². The van der Waals surface area contributed by atoms with Crippen molar-refractivity contribution < 1.29 is 22.8 Å². The van der Waals surface area contributed by atoms with Crippen LogP contribution in [0.5, 0.6) is 0 Å². The molecule has 0 unspecified atom stereocenters. The molecule has 0 fully saturated rings. The van der Waals surface area contributed by atoms with Crippen LogP contribution in [0.3, 0.4) is 0 Å². The molecule has 0 aliphatic heterocycles. The first-order chi connectivity index (χ1) is 10.4. The Morgan fingerprint density at radius 3 is 2.55 bits per heavy atom. The van der Waals surface area contributed by atoms with Crippen LogP contribution in [0.2, 0.25) is 0 Å². The van der Waals surface area contributed by atoms with Gasteiger partial charge in [-0.2, -0.15) is 13.2 Å². The normalized spacial score (nSPS) is 17.0. The highest BCUT2D eigenvalue weighted by Crippen LogP contribution is 2.34. The molecule has 0 saturated heterocycles. The summed E-state index contributed by atoms with van der Waals surface area (Å²) in [6.07, 6.45) is -2.74. The second-order valence-electron chi connectivity index (χ2n) is 5.24. The quantitative estimate of drug-likeness (QED) is 0.816. The van der Waals surface area contributed by atoms with Gasteiger partial charge in [0.15, 0.2) is 0 Å². The molecule has 0 aromatic heterocycles. The lowest BCUT2D eigenvalue weighted by molar-refractivity contribution is -0.173. The fraction of sp³-hybridized carbons (Fsp3) is 0.467. The summed E-state index contributed by atoms with van der Waals surface area (Å²) < 4.78 is 35.8. The van der Waals surface area contributed by atoms with Gasteiger partial charge in [-0.15, -0.1) is 0 Å². The average Bonchev–Trinajstić information content (AvgIpc) is 2.86. The molecule has 7 heteroatoms. The predicted octanol–water partition coefficient (Wildman–Crippen LogP) is 1.90. The van der Waals surface area contributed by atoms with Gasteiger partial charge in [0.25, 0.3) is 0 Å². The van der Waals surface area contributed by atoms with E-state index in [2.05, 4.69) is 5.32 Å². The van der Waals surface area contributed by atoms with Crippen LogP contribution in [-0.4, -0.2) is 31.1 Å². The van der Waals surface area contributed by atoms with Gasteiger partial charge in [-0.25, -0.2) is 0 Å². The van der Waals surface area contributed by atoms with Crippen LogP contribution in [0.25, 0.3) is 0 Å². The van der Waals surface area contributed by atoms with Crippen LogP contribution in [0.15, 0.2) is 24.3 Å². The van der Waals surface area contributed by atoms with Gasteiger partial charge in [0.1, 0.15) is 0 Å². The standard InChI is InChI=1S/C15H17F3N2O2/c16-15(17,18)14(22)20-8-7-19-13(21)9-11-6-5-10-3-1-2-4-12(10)11/h1-4,11H,5-9H2,(H,19,21)(H,20,22)/t11-/m0/s1. The van der Waals surface area contributed by atoms with E-state index < -0.39 is 12.1 Å². The molecule has 1 aliphatic rings. The molecule has 120 valence electrons. The molecule has 1 atom stereocenters. The number of hydrogen-bond acceptors (Lipinski definition) is 2. The van der Waals surface area contributed by atoms with Gasteiger partial charge in [-0.05, 0) is 29.9 Å². The van der Waals surface area contributed by atoms with Crippen LogP contribution in [-0.2, 0) is 16.0 Å². The van der Waals surface area contributed by atoms with Crippen molar-refractivity contribution in [1.82, 2.24) is 10.6 Å². The van der Waals surface area contributed by atoms with Crippen molar-refractivity contribution in [3.05, 3.63) is 35.4 Å². The molecule has 0 bridgehead atoms. The third-order valence-electron chi connectivity index (χ3n) is 3.68. The van der Waals surface area contributed by atoms with E-state index in [-0.39, 0.29) is 24.9 Å². The van der Waals surface area contributed by atoms with Gasteiger partial charge in [0.2, 0.25) is 5.91 Å². The van der Waals surface area contributed by atoms with Gasteiger partial charge >= 0.3 is 12.1 Å². The zero-order valence-electron chi connectivity index (χ0n) is 11.9.